The molecule has 0 bridgehead atoms. The van der Waals surface area contributed by atoms with Gasteiger partial charge in [0.2, 0.25) is 11.4 Å². The average molecular weight is 513 g/mol. The van der Waals surface area contributed by atoms with Gasteiger partial charge in [0.05, 0.1) is 0 Å². The molecule has 0 radical (unpaired) electrons. The number of allylic oxidation sites excluding steroid dienone is 2. The van der Waals surface area contributed by atoms with Crippen molar-refractivity contribution in [2.24, 2.45) is 0 Å². The van der Waals surface area contributed by atoms with Crippen LogP contribution in [0.25, 0.3) is 16.9 Å². The van der Waals surface area contributed by atoms with E-state index in [0.717, 1.165) is 48.2 Å². The number of unbranched alkanes of at least 4 members (excludes halogenated alkanes) is 8. The molecule has 0 saturated carbocycles. The van der Waals surface area contributed by atoms with Crippen LogP contribution in [0.4, 0.5) is 0 Å². The molecular formula is C36H52N2. The summed E-state index contributed by atoms with van der Waals surface area (Å²) in [5.74, 6) is 0. The molecule has 0 aliphatic carbocycles. The van der Waals surface area contributed by atoms with Crippen LogP contribution in [-0.4, -0.2) is 4.70 Å². The smallest absolute Gasteiger partial charge is 0.211 e. The van der Waals surface area contributed by atoms with Gasteiger partial charge in [-0.1, -0.05) is 103 Å². The summed E-state index contributed by atoms with van der Waals surface area (Å²) in [6.07, 6.45) is 19.1. The van der Waals surface area contributed by atoms with Crippen molar-refractivity contribution in [2.45, 2.75) is 130 Å². The van der Waals surface area contributed by atoms with E-state index in [4.69, 9.17) is 0 Å². The fourth-order valence-electron chi connectivity index (χ4n) is 5.66. The zero-order valence-electron chi connectivity index (χ0n) is 24.8. The predicted octanol–water partition coefficient (Wildman–Crippen LogP) is 11.5. The zero-order chi connectivity index (χ0) is 27.2. The zero-order valence-corrected chi connectivity index (χ0v) is 24.8. The van der Waals surface area contributed by atoms with E-state index in [1.54, 1.807) is 4.70 Å². The fraction of sp³-hybridized carbons (Fsp3) is 0.556. The maximum atomic E-state index is 11.8. The molecule has 2 aromatic rings. The van der Waals surface area contributed by atoms with Crippen LogP contribution in [0.15, 0.2) is 59.7 Å². The molecule has 206 valence electrons. The minimum Gasteiger partial charge on any atom is -0.493 e. The number of rotatable bonds is 18. The van der Waals surface area contributed by atoms with Gasteiger partial charge in [-0.25, -0.2) is 4.70 Å². The van der Waals surface area contributed by atoms with E-state index < -0.39 is 0 Å². The van der Waals surface area contributed by atoms with E-state index >= 15 is 0 Å². The van der Waals surface area contributed by atoms with Gasteiger partial charge in [-0.2, -0.15) is 0 Å². The summed E-state index contributed by atoms with van der Waals surface area (Å²) in [5.41, 5.74) is 21.7. The first-order chi connectivity index (χ1) is 18.6. The monoisotopic (exact) mass is 512 g/mol. The summed E-state index contributed by atoms with van der Waals surface area (Å²) in [5, 5.41) is 0. The molecule has 0 fully saturated rings. The second-order valence-electron chi connectivity index (χ2n) is 11.2. The van der Waals surface area contributed by atoms with Crippen molar-refractivity contribution in [3.8, 4) is 0 Å². The lowest BCUT2D eigenvalue weighted by molar-refractivity contribution is -0.345. The van der Waals surface area contributed by atoms with Crippen LogP contribution in [0.3, 0.4) is 0 Å². The van der Waals surface area contributed by atoms with Crippen LogP contribution >= 0.6 is 0 Å². The molecular weight excluding hydrogens is 460 g/mol. The molecule has 38 heavy (non-hydrogen) atoms. The Balaban J connectivity index is 2.01. The minimum atomic E-state index is 1.01. The first-order valence-corrected chi connectivity index (χ1v) is 15.8. The van der Waals surface area contributed by atoms with E-state index in [9.17, 15) is 5.53 Å². The van der Waals surface area contributed by atoms with Gasteiger partial charge in [-0.3, -0.25) is 0 Å². The lowest BCUT2D eigenvalue weighted by Crippen LogP contribution is -2.03. The van der Waals surface area contributed by atoms with Crippen molar-refractivity contribution < 1.29 is 4.70 Å². The number of hydrogen-bond acceptors (Lipinski definition) is 0. The van der Waals surface area contributed by atoms with Gasteiger partial charge >= 0.3 is 0 Å². The summed E-state index contributed by atoms with van der Waals surface area (Å²) in [6.45, 7) is 9.05. The molecule has 0 unspecified atom stereocenters. The third-order valence-corrected chi connectivity index (χ3v) is 8.01. The Labute approximate surface area is 233 Å². The highest BCUT2D eigenvalue weighted by Crippen LogP contribution is 2.44. The molecule has 0 atom stereocenters. The first kappa shape index (κ1) is 30.1. The minimum absolute atomic E-state index is 1.01. The Morgan fingerprint density at radius 2 is 0.816 bits per heavy atom. The average Bonchev–Trinajstić information content (AvgIpc) is 3.22. The van der Waals surface area contributed by atoms with Gasteiger partial charge in [0, 0.05) is 22.3 Å². The van der Waals surface area contributed by atoms with E-state index in [0.29, 0.717) is 0 Å². The molecule has 3 rings (SSSR count). The number of hydrogen-bond donors (Lipinski definition) is 0. The maximum absolute atomic E-state index is 11.8. The maximum Gasteiger partial charge on any atom is 0.211 e. The summed E-state index contributed by atoms with van der Waals surface area (Å²) < 4.78 is 1.55. The van der Waals surface area contributed by atoms with Crippen molar-refractivity contribution in [1.82, 2.24) is 0 Å². The molecule has 0 spiro atoms. The third kappa shape index (κ3) is 8.26. The molecule has 0 N–H and O–H groups in total. The lowest BCUT2D eigenvalue weighted by Gasteiger charge is -2.11. The molecule has 0 aromatic heterocycles. The van der Waals surface area contributed by atoms with E-state index in [-0.39, 0.29) is 0 Å². The quantitative estimate of drug-likeness (QED) is 0.140. The molecule has 1 aliphatic heterocycles. The Morgan fingerprint density at radius 1 is 0.447 bits per heavy atom. The molecule has 2 heteroatoms. The lowest BCUT2D eigenvalue weighted by atomic mass is 9.91. The van der Waals surface area contributed by atoms with Crippen LogP contribution in [0.5, 0.6) is 0 Å². The number of benzene rings is 2. The third-order valence-electron chi connectivity index (χ3n) is 8.01. The molecule has 2 aromatic carbocycles. The van der Waals surface area contributed by atoms with Crippen molar-refractivity contribution >= 4 is 11.4 Å². The topological polar surface area (TPSA) is 25.3 Å². The molecule has 1 aliphatic rings. The largest absolute Gasteiger partial charge is 0.493 e. The number of nitrogens with zero attached hydrogens (tertiary/aromatic N) is 2. The Bertz CT molecular complexity index is 968. The second kappa shape index (κ2) is 16.5. The van der Waals surface area contributed by atoms with Crippen molar-refractivity contribution in [2.75, 3.05) is 0 Å². The van der Waals surface area contributed by atoms with E-state index in [1.807, 2.05) is 0 Å². The Hall–Kier alpha value is -2.48. The fourth-order valence-corrected chi connectivity index (χ4v) is 5.66. The van der Waals surface area contributed by atoms with E-state index in [2.05, 4.69) is 76.2 Å². The van der Waals surface area contributed by atoms with Gasteiger partial charge < -0.3 is 5.53 Å². The molecule has 0 saturated heterocycles. The highest BCUT2D eigenvalue weighted by atomic mass is 15.2. The van der Waals surface area contributed by atoms with Crippen LogP contribution in [0.1, 0.15) is 140 Å². The molecule has 0 amide bonds. The molecule has 1 heterocycles. The second-order valence-corrected chi connectivity index (χ2v) is 11.2. The van der Waals surface area contributed by atoms with Gasteiger partial charge in [0.15, 0.2) is 0 Å². The molecule has 2 nitrogen and oxygen atoms in total. The summed E-state index contributed by atoms with van der Waals surface area (Å²) >= 11 is 0. The number of aryl methyl sites for hydroxylation is 2. The van der Waals surface area contributed by atoms with Crippen LogP contribution in [-0.2, 0) is 12.8 Å². The van der Waals surface area contributed by atoms with E-state index in [1.165, 1.54) is 99.3 Å². The highest BCUT2D eigenvalue weighted by molar-refractivity contribution is 5.82. The normalized spacial score (nSPS) is 13.7. The van der Waals surface area contributed by atoms with Crippen LogP contribution < -0.4 is 0 Å². The standard InChI is InChI=1S/C36H52N2/c1-5-9-13-15-19-33-34(20-16-14-10-6-2)36(32-27-23-30(24-28-32)18-12-8-4)38(37)35(33)31-25-21-29(22-26-31)17-11-7-3/h21-28H,5-20H2,1-4H3. The summed E-state index contributed by atoms with van der Waals surface area (Å²) in [4.78, 5) is 0. The predicted molar refractivity (Wildman–Crippen MR) is 165 cm³/mol. The van der Waals surface area contributed by atoms with Gasteiger partial charge in [-0.05, 0) is 86.8 Å². The van der Waals surface area contributed by atoms with Crippen molar-refractivity contribution in [3.05, 3.63) is 87.5 Å². The van der Waals surface area contributed by atoms with Crippen LogP contribution in [0.2, 0.25) is 0 Å². The van der Waals surface area contributed by atoms with Gasteiger partial charge in [-0.15, -0.1) is 0 Å². The summed E-state index contributed by atoms with van der Waals surface area (Å²) in [7, 11) is 0. The Kier molecular flexibility index (Phi) is 13.0. The summed E-state index contributed by atoms with van der Waals surface area (Å²) in [6, 6.07) is 18.0. The van der Waals surface area contributed by atoms with Gasteiger partial charge in [0.25, 0.3) is 0 Å². The van der Waals surface area contributed by atoms with Crippen molar-refractivity contribution in [1.29, 1.82) is 0 Å². The van der Waals surface area contributed by atoms with Crippen LogP contribution in [0, 0.1) is 0 Å². The highest BCUT2D eigenvalue weighted by Gasteiger charge is 2.35. The first-order valence-electron chi connectivity index (χ1n) is 15.8. The van der Waals surface area contributed by atoms with Crippen molar-refractivity contribution in [3.63, 3.8) is 0 Å². The van der Waals surface area contributed by atoms with Gasteiger partial charge in [0.1, 0.15) is 0 Å². The SMILES string of the molecule is CCCCCCC1=C(c2ccc(CCCC)cc2)[N+](=[N-])C(c2ccc(CCCC)cc2)=C1CCCCCC. The Morgan fingerprint density at radius 3 is 1.16 bits per heavy atom.